The van der Waals surface area contributed by atoms with Crippen LogP contribution in [-0.4, -0.2) is 73.3 Å². The molecule has 2 aromatic carbocycles. The molecular formula is C27H35N5O2. The largest absolute Gasteiger partial charge is 0.493 e. The standard InChI is InChI=1S/C27H35N5O2/c1-21(22-8-5-4-6-9-22)29-27-20-28-19-24(30-27)23-10-11-25(26(18-23)33-3)34-17-7-12-32-15-13-31(2)14-16-32/h4-6,8-11,18-21H,7,12-17H2,1-3H3,(H,29,30). The van der Waals surface area contributed by atoms with E-state index in [0.717, 1.165) is 62.0 Å². The highest BCUT2D eigenvalue weighted by atomic mass is 16.5. The monoisotopic (exact) mass is 461 g/mol. The van der Waals surface area contributed by atoms with E-state index in [-0.39, 0.29) is 6.04 Å². The van der Waals surface area contributed by atoms with Crippen LogP contribution in [0.3, 0.4) is 0 Å². The highest BCUT2D eigenvalue weighted by Gasteiger charge is 2.14. The Hall–Kier alpha value is -3.16. The van der Waals surface area contributed by atoms with Gasteiger partial charge in [-0.2, -0.15) is 0 Å². The molecule has 180 valence electrons. The molecule has 1 N–H and O–H groups in total. The molecule has 0 spiro atoms. The molecule has 0 amide bonds. The van der Waals surface area contributed by atoms with Gasteiger partial charge in [0.05, 0.1) is 31.8 Å². The molecule has 3 aromatic rings. The van der Waals surface area contributed by atoms with E-state index in [1.807, 2.05) is 36.4 Å². The Morgan fingerprint density at radius 2 is 1.79 bits per heavy atom. The van der Waals surface area contributed by atoms with Crippen molar-refractivity contribution < 1.29 is 9.47 Å². The Morgan fingerprint density at radius 3 is 2.56 bits per heavy atom. The fourth-order valence-corrected chi connectivity index (χ4v) is 4.11. The zero-order valence-corrected chi connectivity index (χ0v) is 20.4. The predicted octanol–water partition coefficient (Wildman–Crippen LogP) is 4.34. The number of likely N-dealkylation sites (N-methyl/N-ethyl adjacent to an activating group) is 1. The highest BCUT2D eigenvalue weighted by molar-refractivity contribution is 5.64. The third-order valence-corrected chi connectivity index (χ3v) is 6.23. The van der Waals surface area contributed by atoms with E-state index in [9.17, 15) is 0 Å². The summed E-state index contributed by atoms with van der Waals surface area (Å²) >= 11 is 0. The summed E-state index contributed by atoms with van der Waals surface area (Å²) in [5.41, 5.74) is 2.92. The fourth-order valence-electron chi connectivity index (χ4n) is 4.11. The molecule has 4 rings (SSSR count). The lowest BCUT2D eigenvalue weighted by Crippen LogP contribution is -2.44. The van der Waals surface area contributed by atoms with Gasteiger partial charge in [0.2, 0.25) is 0 Å². The summed E-state index contributed by atoms with van der Waals surface area (Å²) in [7, 11) is 3.85. The molecule has 7 nitrogen and oxygen atoms in total. The topological polar surface area (TPSA) is 62.8 Å². The van der Waals surface area contributed by atoms with Gasteiger partial charge in [0, 0.05) is 44.3 Å². The van der Waals surface area contributed by atoms with Gasteiger partial charge in [0.15, 0.2) is 11.5 Å². The molecule has 0 radical (unpaired) electrons. The van der Waals surface area contributed by atoms with Crippen LogP contribution in [0.15, 0.2) is 60.9 Å². The lowest BCUT2D eigenvalue weighted by molar-refractivity contribution is 0.145. The number of rotatable bonds is 10. The third-order valence-electron chi connectivity index (χ3n) is 6.23. The normalized spacial score (nSPS) is 15.6. The maximum atomic E-state index is 6.05. The van der Waals surface area contributed by atoms with E-state index in [0.29, 0.717) is 12.4 Å². The van der Waals surface area contributed by atoms with Crippen molar-refractivity contribution in [2.75, 3.05) is 58.8 Å². The predicted molar refractivity (Wildman–Crippen MR) is 137 cm³/mol. The van der Waals surface area contributed by atoms with Gasteiger partial charge in [-0.25, -0.2) is 4.98 Å². The van der Waals surface area contributed by atoms with Gasteiger partial charge in [-0.05, 0) is 44.2 Å². The summed E-state index contributed by atoms with van der Waals surface area (Å²) < 4.78 is 11.7. The molecule has 1 unspecified atom stereocenters. The van der Waals surface area contributed by atoms with Crippen molar-refractivity contribution >= 4 is 5.82 Å². The van der Waals surface area contributed by atoms with Gasteiger partial charge < -0.3 is 24.6 Å². The quantitative estimate of drug-likeness (QED) is 0.451. The second kappa shape index (κ2) is 11.8. The zero-order valence-electron chi connectivity index (χ0n) is 20.4. The van der Waals surface area contributed by atoms with Crippen LogP contribution in [0.2, 0.25) is 0 Å². The maximum absolute atomic E-state index is 6.05. The number of ether oxygens (including phenoxy) is 2. The fraction of sp³-hybridized carbons (Fsp3) is 0.407. The summed E-state index contributed by atoms with van der Waals surface area (Å²) in [5.74, 6) is 2.19. The Bertz CT molecular complexity index is 1040. The first-order valence-electron chi connectivity index (χ1n) is 12.0. The second-order valence-electron chi connectivity index (χ2n) is 8.78. The molecular weight excluding hydrogens is 426 g/mol. The Balaban J connectivity index is 1.36. The van der Waals surface area contributed by atoms with Crippen LogP contribution in [0.4, 0.5) is 5.82 Å². The van der Waals surface area contributed by atoms with E-state index >= 15 is 0 Å². The van der Waals surface area contributed by atoms with Gasteiger partial charge in [0.1, 0.15) is 5.82 Å². The summed E-state index contributed by atoms with van der Waals surface area (Å²) in [4.78, 5) is 14.0. The number of methoxy groups -OCH3 is 1. The van der Waals surface area contributed by atoms with Crippen LogP contribution in [-0.2, 0) is 0 Å². The Labute approximate surface area is 202 Å². The lowest BCUT2D eigenvalue weighted by Gasteiger charge is -2.32. The van der Waals surface area contributed by atoms with Crippen LogP contribution >= 0.6 is 0 Å². The van der Waals surface area contributed by atoms with Crippen LogP contribution in [0.1, 0.15) is 24.9 Å². The molecule has 1 saturated heterocycles. The van der Waals surface area contributed by atoms with E-state index in [2.05, 4.69) is 46.2 Å². The van der Waals surface area contributed by atoms with Crippen LogP contribution in [0.5, 0.6) is 11.5 Å². The molecule has 1 aliphatic rings. The molecule has 0 aliphatic carbocycles. The third kappa shape index (κ3) is 6.46. The van der Waals surface area contributed by atoms with Crippen molar-refractivity contribution in [3.63, 3.8) is 0 Å². The first-order valence-corrected chi connectivity index (χ1v) is 12.0. The SMILES string of the molecule is COc1cc(-c2cncc(NC(C)c3ccccc3)n2)ccc1OCCCN1CCN(C)CC1. The first-order chi connectivity index (χ1) is 16.6. The number of nitrogens with one attached hydrogen (secondary N) is 1. The first kappa shape index (κ1) is 24.0. The van der Waals surface area contributed by atoms with Crippen molar-refractivity contribution in [1.82, 2.24) is 19.8 Å². The van der Waals surface area contributed by atoms with Crippen molar-refractivity contribution in [2.24, 2.45) is 0 Å². The van der Waals surface area contributed by atoms with E-state index in [1.165, 1.54) is 5.56 Å². The number of anilines is 1. The van der Waals surface area contributed by atoms with Crippen molar-refractivity contribution in [3.8, 4) is 22.8 Å². The lowest BCUT2D eigenvalue weighted by atomic mass is 10.1. The summed E-state index contributed by atoms with van der Waals surface area (Å²) in [6.45, 7) is 8.38. The maximum Gasteiger partial charge on any atom is 0.161 e. The number of hydrogen-bond acceptors (Lipinski definition) is 7. The van der Waals surface area contributed by atoms with Crippen molar-refractivity contribution in [3.05, 3.63) is 66.5 Å². The molecule has 1 aliphatic heterocycles. The van der Waals surface area contributed by atoms with Gasteiger partial charge >= 0.3 is 0 Å². The molecule has 2 heterocycles. The molecule has 1 fully saturated rings. The Kier molecular flexibility index (Phi) is 8.33. The summed E-state index contributed by atoms with van der Waals surface area (Å²) in [6, 6.07) is 16.4. The minimum atomic E-state index is 0.127. The molecule has 1 atom stereocenters. The molecule has 7 heteroatoms. The van der Waals surface area contributed by atoms with Crippen LogP contribution in [0, 0.1) is 0 Å². The smallest absolute Gasteiger partial charge is 0.161 e. The average molecular weight is 462 g/mol. The van der Waals surface area contributed by atoms with Crippen molar-refractivity contribution in [2.45, 2.75) is 19.4 Å². The van der Waals surface area contributed by atoms with E-state index < -0.39 is 0 Å². The molecule has 34 heavy (non-hydrogen) atoms. The van der Waals surface area contributed by atoms with Crippen LogP contribution in [0.25, 0.3) is 11.3 Å². The number of benzene rings is 2. The second-order valence-corrected chi connectivity index (χ2v) is 8.78. The number of aromatic nitrogens is 2. The van der Waals surface area contributed by atoms with Gasteiger partial charge in [0.25, 0.3) is 0 Å². The summed E-state index contributed by atoms with van der Waals surface area (Å²) in [5, 5.41) is 3.44. The average Bonchev–Trinajstić information content (AvgIpc) is 2.88. The van der Waals surface area contributed by atoms with Gasteiger partial charge in [-0.1, -0.05) is 30.3 Å². The van der Waals surface area contributed by atoms with Gasteiger partial charge in [-0.15, -0.1) is 0 Å². The van der Waals surface area contributed by atoms with Crippen LogP contribution < -0.4 is 14.8 Å². The Morgan fingerprint density at radius 1 is 1.00 bits per heavy atom. The number of hydrogen-bond donors (Lipinski definition) is 1. The highest BCUT2D eigenvalue weighted by Crippen LogP contribution is 2.32. The number of piperazine rings is 1. The van der Waals surface area contributed by atoms with E-state index in [1.54, 1.807) is 19.5 Å². The molecule has 1 aromatic heterocycles. The summed E-state index contributed by atoms with van der Waals surface area (Å²) in [6.07, 6.45) is 4.51. The van der Waals surface area contributed by atoms with Gasteiger partial charge in [-0.3, -0.25) is 4.98 Å². The zero-order chi connectivity index (χ0) is 23.8. The van der Waals surface area contributed by atoms with Crippen molar-refractivity contribution in [1.29, 1.82) is 0 Å². The molecule has 0 bridgehead atoms. The molecule has 0 saturated carbocycles. The van der Waals surface area contributed by atoms with E-state index in [4.69, 9.17) is 14.5 Å². The minimum Gasteiger partial charge on any atom is -0.493 e. The number of nitrogens with zero attached hydrogens (tertiary/aromatic N) is 4. The minimum absolute atomic E-state index is 0.127.